The van der Waals surface area contributed by atoms with Gasteiger partial charge < -0.3 is 0 Å². The maximum atomic E-state index is 11.7. The van der Waals surface area contributed by atoms with Crippen LogP contribution in [0.1, 0.15) is 36.2 Å². The van der Waals surface area contributed by atoms with Gasteiger partial charge in [-0.05, 0) is 43.7 Å². The SMILES string of the molecule is CC(=O)c1ccc(Sc2n[nH]c(=O)n2C2CC2)c(Cl)c1. The molecule has 0 spiro atoms. The summed E-state index contributed by atoms with van der Waals surface area (Å²) in [6.45, 7) is 1.50. The fraction of sp³-hybridized carbons (Fsp3) is 0.308. The molecule has 20 heavy (non-hydrogen) atoms. The Hall–Kier alpha value is -1.53. The molecule has 1 aliphatic carbocycles. The first-order chi connectivity index (χ1) is 9.56. The van der Waals surface area contributed by atoms with Gasteiger partial charge in [-0.15, -0.1) is 5.10 Å². The molecule has 0 bridgehead atoms. The van der Waals surface area contributed by atoms with E-state index in [0.717, 1.165) is 17.7 Å². The van der Waals surface area contributed by atoms with Gasteiger partial charge in [0.25, 0.3) is 0 Å². The number of halogens is 1. The van der Waals surface area contributed by atoms with E-state index >= 15 is 0 Å². The molecule has 1 saturated carbocycles. The summed E-state index contributed by atoms with van der Waals surface area (Å²) in [5.41, 5.74) is 0.382. The molecule has 104 valence electrons. The Kier molecular flexibility index (Phi) is 3.43. The van der Waals surface area contributed by atoms with E-state index in [1.807, 2.05) is 0 Å². The third kappa shape index (κ3) is 2.53. The van der Waals surface area contributed by atoms with Crippen molar-refractivity contribution in [2.45, 2.75) is 35.9 Å². The third-order valence-electron chi connectivity index (χ3n) is 3.12. The minimum Gasteiger partial charge on any atom is -0.295 e. The highest BCUT2D eigenvalue weighted by Gasteiger charge is 2.28. The maximum absolute atomic E-state index is 11.7. The number of aromatic amines is 1. The second-order valence-electron chi connectivity index (χ2n) is 4.72. The molecular formula is C13H12ClN3O2S. The Morgan fingerprint density at radius 1 is 1.50 bits per heavy atom. The highest BCUT2D eigenvalue weighted by atomic mass is 35.5. The number of aromatic nitrogens is 3. The molecule has 0 aliphatic heterocycles. The Morgan fingerprint density at radius 3 is 2.85 bits per heavy atom. The summed E-state index contributed by atoms with van der Waals surface area (Å²) in [6, 6.07) is 5.39. The molecule has 0 saturated heterocycles. The van der Waals surface area contributed by atoms with Crippen LogP contribution in [0.5, 0.6) is 0 Å². The lowest BCUT2D eigenvalue weighted by Crippen LogP contribution is -2.16. The maximum Gasteiger partial charge on any atom is 0.344 e. The highest BCUT2D eigenvalue weighted by Crippen LogP contribution is 2.39. The van der Waals surface area contributed by atoms with Gasteiger partial charge in [0.15, 0.2) is 10.9 Å². The van der Waals surface area contributed by atoms with E-state index in [2.05, 4.69) is 10.2 Å². The zero-order valence-corrected chi connectivity index (χ0v) is 12.3. The van der Waals surface area contributed by atoms with Gasteiger partial charge in [0.05, 0.1) is 5.02 Å². The van der Waals surface area contributed by atoms with Crippen molar-refractivity contribution in [2.24, 2.45) is 0 Å². The highest BCUT2D eigenvalue weighted by molar-refractivity contribution is 7.99. The fourth-order valence-corrected chi connectivity index (χ4v) is 3.13. The molecular weight excluding hydrogens is 298 g/mol. The number of hydrogen-bond donors (Lipinski definition) is 1. The molecule has 1 aliphatic rings. The van der Waals surface area contributed by atoms with Crippen molar-refractivity contribution in [3.05, 3.63) is 39.3 Å². The van der Waals surface area contributed by atoms with Crippen LogP contribution in [0, 0.1) is 0 Å². The van der Waals surface area contributed by atoms with Crippen LogP contribution in [0.3, 0.4) is 0 Å². The molecule has 0 amide bonds. The van der Waals surface area contributed by atoms with Gasteiger partial charge in [-0.3, -0.25) is 9.36 Å². The van der Waals surface area contributed by atoms with E-state index in [-0.39, 0.29) is 17.5 Å². The number of rotatable bonds is 4. The number of nitrogens with one attached hydrogen (secondary N) is 1. The van der Waals surface area contributed by atoms with Gasteiger partial charge in [0, 0.05) is 16.5 Å². The van der Waals surface area contributed by atoms with Gasteiger partial charge in [-0.1, -0.05) is 17.7 Å². The average Bonchev–Trinajstić information content (AvgIpc) is 3.17. The molecule has 7 heteroatoms. The van der Waals surface area contributed by atoms with Crippen molar-refractivity contribution < 1.29 is 4.79 Å². The Bertz CT molecular complexity index is 733. The lowest BCUT2D eigenvalue weighted by Gasteiger charge is -2.06. The first-order valence-corrected chi connectivity index (χ1v) is 7.41. The van der Waals surface area contributed by atoms with Gasteiger partial charge in [-0.2, -0.15) is 0 Å². The van der Waals surface area contributed by atoms with Crippen LogP contribution in [-0.2, 0) is 0 Å². The molecule has 1 heterocycles. The smallest absolute Gasteiger partial charge is 0.295 e. The van der Waals surface area contributed by atoms with E-state index in [1.165, 1.54) is 18.7 Å². The summed E-state index contributed by atoms with van der Waals surface area (Å²) in [6.07, 6.45) is 2.01. The summed E-state index contributed by atoms with van der Waals surface area (Å²) in [4.78, 5) is 23.8. The Morgan fingerprint density at radius 2 is 2.25 bits per heavy atom. The third-order valence-corrected chi connectivity index (χ3v) is 4.59. The minimum absolute atomic E-state index is 0.0295. The summed E-state index contributed by atoms with van der Waals surface area (Å²) in [7, 11) is 0. The molecule has 2 aromatic rings. The molecule has 0 atom stereocenters. The number of carbonyl (C=O) groups is 1. The number of H-pyrrole nitrogens is 1. The van der Waals surface area contributed by atoms with Gasteiger partial charge in [0.2, 0.25) is 0 Å². The molecule has 5 nitrogen and oxygen atoms in total. The van der Waals surface area contributed by atoms with E-state index in [9.17, 15) is 9.59 Å². The standard InChI is InChI=1S/C13H12ClN3O2S/c1-7(18)8-2-5-11(10(14)6-8)20-13-16-15-12(19)17(13)9-3-4-9/h2,5-6,9H,3-4H2,1H3,(H,15,19). The number of Topliss-reactive ketones (excluding diaryl/α,β-unsaturated/α-hetero) is 1. The molecule has 1 aromatic heterocycles. The van der Waals surface area contributed by atoms with Crippen LogP contribution in [-0.4, -0.2) is 20.5 Å². The second kappa shape index (κ2) is 5.10. The van der Waals surface area contributed by atoms with E-state index in [1.54, 1.807) is 22.8 Å². The van der Waals surface area contributed by atoms with Gasteiger partial charge in [-0.25, -0.2) is 9.89 Å². The lowest BCUT2D eigenvalue weighted by atomic mass is 10.1. The zero-order chi connectivity index (χ0) is 14.3. The van der Waals surface area contributed by atoms with Gasteiger partial charge in [0.1, 0.15) is 0 Å². The largest absolute Gasteiger partial charge is 0.344 e. The van der Waals surface area contributed by atoms with Gasteiger partial charge >= 0.3 is 5.69 Å². The molecule has 1 N–H and O–H groups in total. The molecule has 3 rings (SSSR count). The number of hydrogen-bond acceptors (Lipinski definition) is 4. The lowest BCUT2D eigenvalue weighted by molar-refractivity contribution is 0.101. The van der Waals surface area contributed by atoms with Crippen LogP contribution in [0.4, 0.5) is 0 Å². The van der Waals surface area contributed by atoms with Crippen molar-refractivity contribution in [2.75, 3.05) is 0 Å². The normalized spacial score (nSPS) is 14.5. The first-order valence-electron chi connectivity index (χ1n) is 6.21. The van der Waals surface area contributed by atoms with Crippen LogP contribution in [0.2, 0.25) is 5.02 Å². The van der Waals surface area contributed by atoms with Crippen molar-refractivity contribution in [3.8, 4) is 0 Å². The number of nitrogens with zero attached hydrogens (tertiary/aromatic N) is 2. The number of ketones is 1. The van der Waals surface area contributed by atoms with E-state index < -0.39 is 0 Å². The monoisotopic (exact) mass is 309 g/mol. The van der Waals surface area contributed by atoms with Crippen LogP contribution in [0.25, 0.3) is 0 Å². The quantitative estimate of drug-likeness (QED) is 0.882. The topological polar surface area (TPSA) is 67.8 Å². The summed E-state index contributed by atoms with van der Waals surface area (Å²) >= 11 is 7.51. The van der Waals surface area contributed by atoms with Crippen LogP contribution in [0.15, 0.2) is 33.0 Å². The predicted octanol–water partition coefficient (Wildman–Crippen LogP) is 2.91. The van der Waals surface area contributed by atoms with E-state index in [0.29, 0.717) is 15.7 Å². The molecule has 1 fully saturated rings. The Labute approximate surface area is 124 Å². The van der Waals surface area contributed by atoms with E-state index in [4.69, 9.17) is 11.6 Å². The van der Waals surface area contributed by atoms with Crippen molar-refractivity contribution in [1.29, 1.82) is 0 Å². The summed E-state index contributed by atoms with van der Waals surface area (Å²) in [5, 5.41) is 7.59. The number of benzene rings is 1. The Balaban J connectivity index is 1.92. The average molecular weight is 310 g/mol. The van der Waals surface area contributed by atoms with Crippen molar-refractivity contribution in [3.63, 3.8) is 0 Å². The van der Waals surface area contributed by atoms with Crippen LogP contribution >= 0.6 is 23.4 Å². The van der Waals surface area contributed by atoms with Crippen LogP contribution < -0.4 is 5.69 Å². The number of carbonyl (C=O) groups excluding carboxylic acids is 1. The molecule has 0 radical (unpaired) electrons. The first kappa shape index (κ1) is 13.5. The zero-order valence-electron chi connectivity index (χ0n) is 10.7. The minimum atomic E-state index is -0.188. The van der Waals surface area contributed by atoms with Crippen molar-refractivity contribution in [1.82, 2.24) is 14.8 Å². The summed E-state index contributed by atoms with van der Waals surface area (Å²) < 4.78 is 1.67. The summed E-state index contributed by atoms with van der Waals surface area (Å²) in [5.74, 6) is -0.0295. The second-order valence-corrected chi connectivity index (χ2v) is 6.13. The molecule has 1 aromatic carbocycles. The van der Waals surface area contributed by atoms with Crippen molar-refractivity contribution >= 4 is 29.1 Å². The molecule has 0 unspecified atom stereocenters. The fourth-order valence-electron chi connectivity index (χ4n) is 1.92. The predicted molar refractivity (Wildman–Crippen MR) is 76.7 cm³/mol.